The second-order valence-electron chi connectivity index (χ2n) is 7.82. The summed E-state index contributed by atoms with van der Waals surface area (Å²) >= 11 is 0. The molecule has 9 heteroatoms. The molecule has 0 saturated heterocycles. The first-order chi connectivity index (χ1) is 15.5. The molecule has 2 aromatic heterocycles. The Morgan fingerprint density at radius 3 is 2.72 bits per heavy atom. The van der Waals surface area contributed by atoms with Crippen molar-refractivity contribution in [1.82, 2.24) is 24.0 Å². The lowest BCUT2D eigenvalue weighted by atomic mass is 10.1. The van der Waals surface area contributed by atoms with Crippen molar-refractivity contribution in [1.29, 1.82) is 0 Å². The Hall–Kier alpha value is -3.43. The van der Waals surface area contributed by atoms with E-state index in [-0.39, 0.29) is 12.2 Å². The van der Waals surface area contributed by atoms with Crippen LogP contribution in [0, 0.1) is 0 Å². The maximum atomic E-state index is 12.5. The van der Waals surface area contributed by atoms with Crippen molar-refractivity contribution < 1.29 is 9.84 Å². The van der Waals surface area contributed by atoms with Crippen LogP contribution in [0.3, 0.4) is 0 Å². The Balaban J connectivity index is 1.26. The minimum Gasteiger partial charge on any atom is -0.490 e. The third-order valence-electron chi connectivity index (χ3n) is 5.53. The molecule has 1 atom stereocenters. The van der Waals surface area contributed by atoms with E-state index in [9.17, 15) is 14.7 Å². The largest absolute Gasteiger partial charge is 0.490 e. The van der Waals surface area contributed by atoms with Crippen LogP contribution in [0.25, 0.3) is 21.9 Å². The number of aromatic nitrogens is 4. The van der Waals surface area contributed by atoms with Gasteiger partial charge in [0.05, 0.1) is 6.33 Å². The average molecular weight is 438 g/mol. The zero-order chi connectivity index (χ0) is 22.7. The highest BCUT2D eigenvalue weighted by molar-refractivity contribution is 5.88. The van der Waals surface area contributed by atoms with Crippen molar-refractivity contribution in [2.24, 2.45) is 14.1 Å². The molecule has 0 amide bonds. The fourth-order valence-corrected chi connectivity index (χ4v) is 3.78. The molecule has 2 aromatic carbocycles. The highest BCUT2D eigenvalue weighted by atomic mass is 16.5. The van der Waals surface area contributed by atoms with Gasteiger partial charge in [-0.1, -0.05) is 36.4 Å². The Kier molecular flexibility index (Phi) is 6.38. The summed E-state index contributed by atoms with van der Waals surface area (Å²) in [5.41, 5.74) is 0.0499. The van der Waals surface area contributed by atoms with Gasteiger partial charge in [-0.2, -0.15) is 0 Å². The molecular weight excluding hydrogens is 410 g/mol. The molecular formula is C23H27N5O4. The van der Waals surface area contributed by atoms with Crippen LogP contribution < -0.4 is 21.3 Å². The molecule has 4 rings (SSSR count). The second kappa shape index (κ2) is 9.37. The van der Waals surface area contributed by atoms with E-state index in [2.05, 4.69) is 10.3 Å². The van der Waals surface area contributed by atoms with Gasteiger partial charge in [-0.15, -0.1) is 0 Å². The smallest absolute Gasteiger partial charge is 0.332 e. The number of imidazole rings is 1. The number of aliphatic hydroxyl groups is 1. The van der Waals surface area contributed by atoms with E-state index in [0.29, 0.717) is 30.8 Å². The van der Waals surface area contributed by atoms with E-state index in [1.54, 1.807) is 17.9 Å². The third-order valence-corrected chi connectivity index (χ3v) is 5.53. The topological polar surface area (TPSA) is 103 Å². The number of hydrogen-bond donors (Lipinski definition) is 2. The van der Waals surface area contributed by atoms with Gasteiger partial charge in [-0.3, -0.25) is 13.9 Å². The van der Waals surface area contributed by atoms with Gasteiger partial charge in [0.2, 0.25) is 0 Å². The first-order valence-electron chi connectivity index (χ1n) is 10.6. The van der Waals surface area contributed by atoms with E-state index in [4.69, 9.17) is 4.74 Å². The lowest BCUT2D eigenvalue weighted by molar-refractivity contribution is 0.107. The zero-order valence-corrected chi connectivity index (χ0v) is 18.2. The summed E-state index contributed by atoms with van der Waals surface area (Å²) in [7, 11) is 3.06. The van der Waals surface area contributed by atoms with Gasteiger partial charge in [0.1, 0.15) is 18.5 Å². The molecule has 0 aliphatic carbocycles. The number of fused-ring (bicyclic) bond motifs is 2. The summed E-state index contributed by atoms with van der Waals surface area (Å²) in [5.74, 6) is 0.755. The molecule has 0 aliphatic heterocycles. The Morgan fingerprint density at radius 2 is 1.88 bits per heavy atom. The van der Waals surface area contributed by atoms with Crippen LogP contribution in [0.2, 0.25) is 0 Å². The molecule has 9 nitrogen and oxygen atoms in total. The maximum Gasteiger partial charge on any atom is 0.332 e. The molecule has 0 fully saturated rings. The van der Waals surface area contributed by atoms with E-state index < -0.39 is 11.8 Å². The highest BCUT2D eigenvalue weighted by Gasteiger charge is 2.14. The number of aliphatic hydroxyl groups excluding tert-OH is 1. The van der Waals surface area contributed by atoms with E-state index >= 15 is 0 Å². The third kappa shape index (κ3) is 4.30. The Labute approximate surface area is 184 Å². The number of nitrogens with one attached hydrogen (secondary N) is 1. The molecule has 0 bridgehead atoms. The molecule has 0 spiro atoms. The summed E-state index contributed by atoms with van der Waals surface area (Å²) in [6, 6.07) is 13.8. The van der Waals surface area contributed by atoms with Gasteiger partial charge in [-0.25, -0.2) is 9.78 Å². The minimum absolute atomic E-state index is 0.192. The zero-order valence-electron chi connectivity index (χ0n) is 18.2. The number of nitrogens with zero attached hydrogens (tertiary/aromatic N) is 4. The van der Waals surface area contributed by atoms with Crippen molar-refractivity contribution in [3.8, 4) is 5.75 Å². The summed E-state index contributed by atoms with van der Waals surface area (Å²) in [4.78, 5) is 28.7. The van der Waals surface area contributed by atoms with Gasteiger partial charge in [-0.05, 0) is 24.4 Å². The highest BCUT2D eigenvalue weighted by Crippen LogP contribution is 2.25. The molecule has 0 radical (unpaired) electrons. The van der Waals surface area contributed by atoms with Crippen LogP contribution in [0.4, 0.5) is 0 Å². The summed E-state index contributed by atoms with van der Waals surface area (Å²) in [6.07, 6.45) is 1.66. The summed E-state index contributed by atoms with van der Waals surface area (Å²) in [5, 5.41) is 15.6. The van der Waals surface area contributed by atoms with Gasteiger partial charge >= 0.3 is 5.69 Å². The van der Waals surface area contributed by atoms with Crippen LogP contribution in [0.5, 0.6) is 5.75 Å². The molecule has 0 aliphatic rings. The summed E-state index contributed by atoms with van der Waals surface area (Å²) in [6.45, 7) is 1.81. The molecule has 32 heavy (non-hydrogen) atoms. The Morgan fingerprint density at radius 1 is 1.09 bits per heavy atom. The monoisotopic (exact) mass is 437 g/mol. The molecule has 4 aromatic rings. The first-order valence-corrected chi connectivity index (χ1v) is 10.6. The Bertz CT molecular complexity index is 1350. The first kappa shape index (κ1) is 21.8. The molecule has 168 valence electrons. The molecule has 1 unspecified atom stereocenters. The van der Waals surface area contributed by atoms with Crippen LogP contribution >= 0.6 is 0 Å². The standard InChI is InChI=1S/C23H27N5O4/c1-26-21-20(22(30)27(2)23(26)31)28(15-25-21)12-6-11-24-13-17(29)14-32-19-10-5-8-16-7-3-4-9-18(16)19/h3-5,7-10,15,17,24,29H,6,11-14H2,1-2H3. The van der Waals surface area contributed by atoms with E-state index in [0.717, 1.165) is 27.5 Å². The van der Waals surface area contributed by atoms with Crippen LogP contribution in [-0.4, -0.2) is 49.6 Å². The lowest BCUT2D eigenvalue weighted by Gasteiger charge is -2.14. The maximum absolute atomic E-state index is 12.5. The SMILES string of the molecule is Cn1c(=O)c2c(ncn2CCCNCC(O)COc2cccc3ccccc23)n(C)c1=O. The normalized spacial score (nSPS) is 12.5. The second-order valence-corrected chi connectivity index (χ2v) is 7.82. The van der Waals surface area contributed by atoms with Crippen LogP contribution in [0.15, 0.2) is 58.4 Å². The number of rotatable bonds is 9. The van der Waals surface area contributed by atoms with Crippen molar-refractivity contribution in [2.45, 2.75) is 19.1 Å². The van der Waals surface area contributed by atoms with Crippen molar-refractivity contribution in [3.63, 3.8) is 0 Å². The van der Waals surface area contributed by atoms with Gasteiger partial charge in [0.15, 0.2) is 11.2 Å². The van der Waals surface area contributed by atoms with E-state index in [1.807, 2.05) is 42.5 Å². The summed E-state index contributed by atoms with van der Waals surface area (Å²) < 4.78 is 10.0. The van der Waals surface area contributed by atoms with Gasteiger partial charge < -0.3 is 19.7 Å². The lowest BCUT2D eigenvalue weighted by Crippen LogP contribution is -2.37. The molecule has 0 saturated carbocycles. The number of aryl methyl sites for hydroxylation is 2. The van der Waals surface area contributed by atoms with Crippen LogP contribution in [-0.2, 0) is 20.6 Å². The molecule has 2 heterocycles. The van der Waals surface area contributed by atoms with E-state index in [1.165, 1.54) is 11.6 Å². The number of ether oxygens (including phenoxy) is 1. The minimum atomic E-state index is -0.648. The van der Waals surface area contributed by atoms with Gasteiger partial charge in [0.25, 0.3) is 5.56 Å². The predicted molar refractivity (Wildman–Crippen MR) is 123 cm³/mol. The van der Waals surface area contributed by atoms with Crippen molar-refractivity contribution in [2.75, 3.05) is 19.7 Å². The predicted octanol–water partition coefficient (Wildman–Crippen LogP) is 1.01. The van der Waals surface area contributed by atoms with Gasteiger partial charge in [0, 0.05) is 32.6 Å². The number of hydrogen-bond acceptors (Lipinski definition) is 6. The average Bonchev–Trinajstić information content (AvgIpc) is 3.24. The van der Waals surface area contributed by atoms with Crippen molar-refractivity contribution in [3.05, 3.63) is 69.6 Å². The molecule has 2 N–H and O–H groups in total. The quantitative estimate of drug-likeness (QED) is 0.379. The fraction of sp³-hybridized carbons (Fsp3) is 0.348. The fourth-order valence-electron chi connectivity index (χ4n) is 3.78. The number of benzene rings is 2. The van der Waals surface area contributed by atoms with Crippen molar-refractivity contribution >= 4 is 21.9 Å². The van der Waals surface area contributed by atoms with Crippen LogP contribution in [0.1, 0.15) is 6.42 Å².